The fraction of sp³-hybridized carbons (Fsp3) is 0.579. The molecule has 1 aliphatic heterocycles. The summed E-state index contributed by atoms with van der Waals surface area (Å²) >= 11 is 0. The van der Waals surface area contributed by atoms with Gasteiger partial charge in [-0.05, 0) is 50.3 Å². The van der Waals surface area contributed by atoms with Crippen LogP contribution in [0.1, 0.15) is 37.3 Å². The number of sulfonamides is 1. The summed E-state index contributed by atoms with van der Waals surface area (Å²) in [5, 5.41) is 0. The van der Waals surface area contributed by atoms with Crippen LogP contribution in [0.2, 0.25) is 0 Å². The standard InChI is InChI=1S/C19H29N3O4S/c1-5-16(19(24)21-10-8-15(9-11-21)18(20)23)22(27(4,25)26)17-12-13(2)6-7-14(17)3/h6-7,12,15-16H,5,8-11H2,1-4H3,(H2,20,23)/t16-/m0/s1. The normalized spacial score (nSPS) is 16.8. The molecule has 0 spiro atoms. The Labute approximate surface area is 161 Å². The number of carbonyl (C=O) groups is 2. The van der Waals surface area contributed by atoms with Gasteiger partial charge in [0.1, 0.15) is 6.04 Å². The van der Waals surface area contributed by atoms with Crippen LogP contribution < -0.4 is 10.0 Å². The predicted molar refractivity (Wildman–Crippen MR) is 106 cm³/mol. The van der Waals surface area contributed by atoms with E-state index in [1.807, 2.05) is 32.9 Å². The molecule has 2 rings (SSSR count). The molecule has 1 aromatic carbocycles. The number of anilines is 1. The first kappa shape index (κ1) is 21.2. The molecule has 0 radical (unpaired) electrons. The molecule has 27 heavy (non-hydrogen) atoms. The van der Waals surface area contributed by atoms with Gasteiger partial charge in [-0.2, -0.15) is 0 Å². The van der Waals surface area contributed by atoms with E-state index in [1.165, 1.54) is 4.31 Å². The number of benzene rings is 1. The number of hydrogen-bond acceptors (Lipinski definition) is 4. The third-order valence-corrected chi connectivity index (χ3v) is 6.29. The van der Waals surface area contributed by atoms with E-state index in [0.717, 1.165) is 17.4 Å². The van der Waals surface area contributed by atoms with Crippen molar-refractivity contribution in [2.75, 3.05) is 23.7 Å². The van der Waals surface area contributed by atoms with Crippen LogP contribution in [0.15, 0.2) is 18.2 Å². The third kappa shape index (κ3) is 4.80. The van der Waals surface area contributed by atoms with Gasteiger partial charge in [0.25, 0.3) is 0 Å². The molecule has 1 aliphatic rings. The van der Waals surface area contributed by atoms with E-state index in [-0.39, 0.29) is 17.7 Å². The summed E-state index contributed by atoms with van der Waals surface area (Å²) in [6.07, 6.45) is 2.51. The van der Waals surface area contributed by atoms with Crippen LogP contribution in [0.3, 0.4) is 0 Å². The lowest BCUT2D eigenvalue weighted by molar-refractivity contribution is -0.135. The van der Waals surface area contributed by atoms with Crippen molar-refractivity contribution in [3.8, 4) is 0 Å². The Morgan fingerprint density at radius 1 is 1.26 bits per heavy atom. The summed E-state index contributed by atoms with van der Waals surface area (Å²) < 4.78 is 26.5. The molecule has 1 fully saturated rings. The van der Waals surface area contributed by atoms with Gasteiger partial charge in [-0.1, -0.05) is 19.1 Å². The lowest BCUT2D eigenvalue weighted by Crippen LogP contribution is -2.53. The highest BCUT2D eigenvalue weighted by atomic mass is 32.2. The molecule has 0 unspecified atom stereocenters. The maximum Gasteiger partial charge on any atom is 0.246 e. The maximum absolute atomic E-state index is 13.2. The van der Waals surface area contributed by atoms with E-state index in [9.17, 15) is 18.0 Å². The zero-order valence-electron chi connectivity index (χ0n) is 16.4. The summed E-state index contributed by atoms with van der Waals surface area (Å²) in [4.78, 5) is 26.2. The lowest BCUT2D eigenvalue weighted by atomic mass is 9.95. The van der Waals surface area contributed by atoms with Crippen LogP contribution in [-0.2, 0) is 19.6 Å². The van der Waals surface area contributed by atoms with Crippen molar-refractivity contribution in [3.63, 3.8) is 0 Å². The van der Waals surface area contributed by atoms with Crippen molar-refractivity contribution in [1.82, 2.24) is 4.90 Å². The van der Waals surface area contributed by atoms with Gasteiger partial charge in [-0.25, -0.2) is 8.42 Å². The van der Waals surface area contributed by atoms with Crippen molar-refractivity contribution in [2.24, 2.45) is 11.7 Å². The molecule has 1 saturated heterocycles. The largest absolute Gasteiger partial charge is 0.369 e. The summed E-state index contributed by atoms with van der Waals surface area (Å²) in [6.45, 7) is 6.35. The van der Waals surface area contributed by atoms with Crippen LogP contribution in [0, 0.1) is 19.8 Å². The summed E-state index contributed by atoms with van der Waals surface area (Å²) in [6, 6.07) is 4.76. The first-order chi connectivity index (χ1) is 12.6. The van der Waals surface area contributed by atoms with Crippen molar-refractivity contribution < 1.29 is 18.0 Å². The van der Waals surface area contributed by atoms with E-state index < -0.39 is 16.1 Å². The number of likely N-dealkylation sites (tertiary alicyclic amines) is 1. The molecule has 8 heteroatoms. The van der Waals surface area contributed by atoms with E-state index in [4.69, 9.17) is 5.73 Å². The second kappa shape index (κ2) is 8.29. The Kier molecular flexibility index (Phi) is 6.51. The zero-order valence-corrected chi connectivity index (χ0v) is 17.3. The molecule has 0 aromatic heterocycles. The molecule has 2 N–H and O–H groups in total. The minimum Gasteiger partial charge on any atom is -0.369 e. The Balaban J connectivity index is 2.35. The molecule has 150 valence electrons. The monoisotopic (exact) mass is 395 g/mol. The number of carbonyl (C=O) groups excluding carboxylic acids is 2. The number of primary amides is 1. The molecule has 7 nitrogen and oxygen atoms in total. The highest BCUT2D eigenvalue weighted by Gasteiger charge is 2.36. The average molecular weight is 396 g/mol. The molecule has 0 saturated carbocycles. The van der Waals surface area contributed by atoms with E-state index in [2.05, 4.69) is 0 Å². The van der Waals surface area contributed by atoms with E-state index in [0.29, 0.717) is 38.0 Å². The topological polar surface area (TPSA) is 101 Å². The number of rotatable bonds is 6. The van der Waals surface area contributed by atoms with Crippen molar-refractivity contribution in [2.45, 2.75) is 46.1 Å². The van der Waals surface area contributed by atoms with Gasteiger partial charge < -0.3 is 10.6 Å². The number of piperidine rings is 1. The SMILES string of the molecule is CC[C@@H](C(=O)N1CCC(C(N)=O)CC1)N(c1cc(C)ccc1C)S(C)(=O)=O. The molecule has 1 heterocycles. The number of amides is 2. The molecular formula is C19H29N3O4S. The van der Waals surface area contributed by atoms with Crippen LogP contribution in [0.4, 0.5) is 5.69 Å². The molecule has 2 amide bonds. The zero-order chi connectivity index (χ0) is 20.4. The van der Waals surface area contributed by atoms with Gasteiger partial charge in [0.2, 0.25) is 21.8 Å². The van der Waals surface area contributed by atoms with Gasteiger partial charge >= 0.3 is 0 Å². The number of nitrogens with two attached hydrogens (primary N) is 1. The molecular weight excluding hydrogens is 366 g/mol. The highest BCUT2D eigenvalue weighted by Crippen LogP contribution is 2.29. The smallest absolute Gasteiger partial charge is 0.246 e. The second-order valence-corrected chi connectivity index (χ2v) is 9.13. The maximum atomic E-state index is 13.2. The summed E-state index contributed by atoms with van der Waals surface area (Å²) in [5.41, 5.74) is 7.61. The number of hydrogen-bond donors (Lipinski definition) is 1. The van der Waals surface area contributed by atoms with Crippen molar-refractivity contribution >= 4 is 27.5 Å². The first-order valence-electron chi connectivity index (χ1n) is 9.21. The van der Waals surface area contributed by atoms with Crippen LogP contribution in [0.25, 0.3) is 0 Å². The van der Waals surface area contributed by atoms with Crippen molar-refractivity contribution in [1.29, 1.82) is 0 Å². The van der Waals surface area contributed by atoms with Gasteiger partial charge in [-0.15, -0.1) is 0 Å². The van der Waals surface area contributed by atoms with Gasteiger partial charge in [0, 0.05) is 19.0 Å². The molecule has 1 aromatic rings. The quantitative estimate of drug-likeness (QED) is 0.790. The average Bonchev–Trinajstić information content (AvgIpc) is 2.60. The van der Waals surface area contributed by atoms with Gasteiger partial charge in [-0.3, -0.25) is 13.9 Å². The second-order valence-electron chi connectivity index (χ2n) is 7.27. The Morgan fingerprint density at radius 3 is 2.33 bits per heavy atom. The van der Waals surface area contributed by atoms with Gasteiger partial charge in [0.05, 0.1) is 11.9 Å². The third-order valence-electron chi connectivity index (χ3n) is 5.12. The Bertz CT molecular complexity index is 814. The fourth-order valence-corrected chi connectivity index (χ4v) is 4.83. The fourth-order valence-electron chi connectivity index (χ4n) is 3.57. The minimum absolute atomic E-state index is 0.223. The van der Waals surface area contributed by atoms with Crippen LogP contribution in [0.5, 0.6) is 0 Å². The lowest BCUT2D eigenvalue weighted by Gasteiger charge is -2.37. The van der Waals surface area contributed by atoms with Crippen molar-refractivity contribution in [3.05, 3.63) is 29.3 Å². The minimum atomic E-state index is -3.66. The summed E-state index contributed by atoms with van der Waals surface area (Å²) in [7, 11) is -3.66. The van der Waals surface area contributed by atoms with Gasteiger partial charge in [0.15, 0.2) is 0 Å². The number of nitrogens with zero attached hydrogens (tertiary/aromatic N) is 2. The van der Waals surface area contributed by atoms with E-state index >= 15 is 0 Å². The summed E-state index contributed by atoms with van der Waals surface area (Å²) in [5.74, 6) is -0.798. The Hall–Kier alpha value is -2.09. The predicted octanol–water partition coefficient (Wildman–Crippen LogP) is 1.57. The first-order valence-corrected chi connectivity index (χ1v) is 11.1. The molecule has 0 bridgehead atoms. The van der Waals surface area contributed by atoms with E-state index in [1.54, 1.807) is 11.0 Å². The van der Waals surface area contributed by atoms with Crippen LogP contribution in [-0.4, -0.2) is 50.5 Å². The number of aryl methyl sites for hydroxylation is 2. The molecule has 1 atom stereocenters. The van der Waals surface area contributed by atoms with Crippen LogP contribution >= 0.6 is 0 Å². The molecule has 0 aliphatic carbocycles. The Morgan fingerprint density at radius 2 is 1.85 bits per heavy atom. The highest BCUT2D eigenvalue weighted by molar-refractivity contribution is 7.92.